The van der Waals surface area contributed by atoms with Crippen LogP contribution in [0.5, 0.6) is 0 Å². The number of fused-ring (bicyclic) bond motifs is 1. The molecule has 120 valence electrons. The van der Waals surface area contributed by atoms with Gasteiger partial charge >= 0.3 is 0 Å². The van der Waals surface area contributed by atoms with E-state index >= 15 is 0 Å². The summed E-state index contributed by atoms with van der Waals surface area (Å²) in [5.74, 6) is 3.25. The zero-order valence-corrected chi connectivity index (χ0v) is 14.0. The molecule has 0 aromatic heterocycles. The molecule has 0 aromatic carbocycles. The fourth-order valence-corrected chi connectivity index (χ4v) is 5.30. The lowest BCUT2D eigenvalue weighted by molar-refractivity contribution is -0.141. The van der Waals surface area contributed by atoms with Crippen LogP contribution in [0.3, 0.4) is 0 Å². The number of hydrogen-bond donors (Lipinski definition) is 0. The van der Waals surface area contributed by atoms with Crippen molar-refractivity contribution in [2.75, 3.05) is 12.4 Å². The van der Waals surface area contributed by atoms with E-state index in [1.807, 2.05) is 0 Å². The van der Waals surface area contributed by atoms with Crippen molar-refractivity contribution in [1.82, 2.24) is 4.90 Å². The van der Waals surface area contributed by atoms with Crippen LogP contribution in [0.2, 0.25) is 0 Å². The highest BCUT2D eigenvalue weighted by Crippen LogP contribution is 2.43. The second kappa shape index (κ2) is 7.35. The van der Waals surface area contributed by atoms with E-state index in [2.05, 4.69) is 4.90 Å². The van der Waals surface area contributed by atoms with Crippen molar-refractivity contribution >= 4 is 17.5 Å². The molecular weight excluding hydrogens is 282 g/mol. The van der Waals surface area contributed by atoms with Gasteiger partial charge in [0.25, 0.3) is 0 Å². The van der Waals surface area contributed by atoms with Crippen molar-refractivity contribution in [1.29, 1.82) is 0 Å². The number of nitrogens with zero attached hydrogens (tertiary/aromatic N) is 1. The summed E-state index contributed by atoms with van der Waals surface area (Å²) in [7, 11) is 0. The summed E-state index contributed by atoms with van der Waals surface area (Å²) in [5.41, 5.74) is 0. The maximum Gasteiger partial charge on any atom is 0.225 e. The van der Waals surface area contributed by atoms with Gasteiger partial charge < -0.3 is 4.90 Å². The molecule has 0 bridgehead atoms. The molecule has 3 rings (SSSR count). The number of rotatable bonds is 3. The SMILES string of the molecule is O=C(C1CCC2CCCCC2C1)N1CCCCC1CCCl. The molecule has 1 saturated heterocycles. The molecule has 0 N–H and O–H groups in total. The highest BCUT2D eigenvalue weighted by Gasteiger charge is 2.38. The summed E-state index contributed by atoms with van der Waals surface area (Å²) >= 11 is 5.94. The minimum Gasteiger partial charge on any atom is -0.339 e. The molecule has 0 radical (unpaired) electrons. The summed E-state index contributed by atoms with van der Waals surface area (Å²) in [6, 6.07) is 0.424. The van der Waals surface area contributed by atoms with Gasteiger partial charge in [0.1, 0.15) is 0 Å². The van der Waals surface area contributed by atoms with Gasteiger partial charge in [-0.2, -0.15) is 0 Å². The Morgan fingerprint density at radius 3 is 2.52 bits per heavy atom. The van der Waals surface area contributed by atoms with E-state index in [1.165, 1.54) is 51.4 Å². The number of carbonyl (C=O) groups is 1. The molecule has 1 aliphatic heterocycles. The second-order valence-electron chi connectivity index (χ2n) is 7.47. The summed E-state index contributed by atoms with van der Waals surface area (Å²) in [6.45, 7) is 0.977. The molecule has 1 heterocycles. The Morgan fingerprint density at radius 1 is 0.952 bits per heavy atom. The number of likely N-dealkylation sites (tertiary alicyclic amines) is 1. The van der Waals surface area contributed by atoms with E-state index in [0.717, 1.165) is 37.6 Å². The zero-order valence-electron chi connectivity index (χ0n) is 13.2. The van der Waals surface area contributed by atoms with Crippen LogP contribution in [0.1, 0.15) is 70.6 Å². The normalized spacial score (nSPS) is 37.1. The topological polar surface area (TPSA) is 20.3 Å². The molecule has 3 aliphatic rings. The van der Waals surface area contributed by atoms with Crippen LogP contribution in [0.15, 0.2) is 0 Å². The third-order valence-electron chi connectivity index (χ3n) is 6.24. The number of halogens is 1. The quantitative estimate of drug-likeness (QED) is 0.697. The zero-order chi connectivity index (χ0) is 14.7. The molecule has 4 atom stereocenters. The molecule has 2 nitrogen and oxygen atoms in total. The Balaban J connectivity index is 1.61. The van der Waals surface area contributed by atoms with E-state index in [9.17, 15) is 4.79 Å². The Labute approximate surface area is 134 Å². The Morgan fingerprint density at radius 2 is 1.71 bits per heavy atom. The lowest BCUT2D eigenvalue weighted by atomic mass is 9.67. The molecule has 21 heavy (non-hydrogen) atoms. The monoisotopic (exact) mass is 311 g/mol. The van der Waals surface area contributed by atoms with E-state index < -0.39 is 0 Å². The van der Waals surface area contributed by atoms with Gasteiger partial charge in [-0.25, -0.2) is 0 Å². The Kier molecular flexibility index (Phi) is 5.48. The van der Waals surface area contributed by atoms with Gasteiger partial charge in [0.2, 0.25) is 5.91 Å². The van der Waals surface area contributed by atoms with Gasteiger partial charge in [0.15, 0.2) is 0 Å². The first-order chi connectivity index (χ1) is 10.3. The van der Waals surface area contributed by atoms with Crippen molar-refractivity contribution < 1.29 is 4.79 Å². The first kappa shape index (κ1) is 15.6. The van der Waals surface area contributed by atoms with Crippen LogP contribution < -0.4 is 0 Å². The number of alkyl halides is 1. The first-order valence-electron chi connectivity index (χ1n) is 9.16. The third-order valence-corrected chi connectivity index (χ3v) is 6.46. The molecule has 1 amide bonds. The van der Waals surface area contributed by atoms with E-state index in [4.69, 9.17) is 11.6 Å². The van der Waals surface area contributed by atoms with Gasteiger partial charge in [0, 0.05) is 24.4 Å². The summed E-state index contributed by atoms with van der Waals surface area (Å²) < 4.78 is 0. The molecular formula is C18H30ClNO. The Bertz CT molecular complexity index is 357. The lowest BCUT2D eigenvalue weighted by Gasteiger charge is -2.43. The second-order valence-corrected chi connectivity index (χ2v) is 7.85. The standard InChI is InChI=1S/C18H30ClNO/c19-11-10-17-7-3-4-12-20(17)18(21)16-9-8-14-5-1-2-6-15(14)13-16/h14-17H,1-13H2. The molecule has 2 aliphatic carbocycles. The number of hydrogen-bond acceptors (Lipinski definition) is 1. The van der Waals surface area contributed by atoms with Crippen molar-refractivity contribution in [3.8, 4) is 0 Å². The van der Waals surface area contributed by atoms with Gasteiger partial charge in [-0.3, -0.25) is 4.79 Å². The average molecular weight is 312 g/mol. The predicted octanol–water partition coefficient (Wildman–Crippen LogP) is 4.60. The predicted molar refractivity (Wildman–Crippen MR) is 87.5 cm³/mol. The molecule has 4 unspecified atom stereocenters. The van der Waals surface area contributed by atoms with Gasteiger partial charge in [-0.1, -0.05) is 25.7 Å². The van der Waals surface area contributed by atoms with Crippen LogP contribution >= 0.6 is 11.6 Å². The van der Waals surface area contributed by atoms with E-state index in [0.29, 0.717) is 23.7 Å². The van der Waals surface area contributed by atoms with Gasteiger partial charge in [-0.15, -0.1) is 11.6 Å². The number of carbonyl (C=O) groups excluding carboxylic acids is 1. The summed E-state index contributed by atoms with van der Waals surface area (Å²) in [4.78, 5) is 15.2. The molecule has 3 heteroatoms. The van der Waals surface area contributed by atoms with Crippen molar-refractivity contribution in [2.45, 2.75) is 76.7 Å². The molecule has 3 fully saturated rings. The fourth-order valence-electron chi connectivity index (χ4n) is 5.05. The third kappa shape index (κ3) is 3.57. The van der Waals surface area contributed by atoms with Crippen LogP contribution in [-0.4, -0.2) is 29.3 Å². The van der Waals surface area contributed by atoms with Crippen LogP contribution in [0.4, 0.5) is 0 Å². The van der Waals surface area contributed by atoms with Gasteiger partial charge in [-0.05, 0) is 56.8 Å². The minimum absolute atomic E-state index is 0.320. The Hall–Kier alpha value is -0.240. The van der Waals surface area contributed by atoms with Crippen molar-refractivity contribution in [3.63, 3.8) is 0 Å². The fraction of sp³-hybridized carbons (Fsp3) is 0.944. The summed E-state index contributed by atoms with van der Waals surface area (Å²) in [6.07, 6.45) is 13.8. The molecule has 0 aromatic rings. The maximum absolute atomic E-state index is 13.0. The van der Waals surface area contributed by atoms with E-state index in [1.54, 1.807) is 0 Å². The van der Waals surface area contributed by atoms with Crippen LogP contribution in [0.25, 0.3) is 0 Å². The summed E-state index contributed by atoms with van der Waals surface area (Å²) in [5, 5.41) is 0. The molecule has 0 spiro atoms. The minimum atomic E-state index is 0.320. The van der Waals surface area contributed by atoms with Gasteiger partial charge in [0.05, 0.1) is 0 Å². The maximum atomic E-state index is 13.0. The van der Waals surface area contributed by atoms with Crippen molar-refractivity contribution in [3.05, 3.63) is 0 Å². The highest BCUT2D eigenvalue weighted by molar-refractivity contribution is 6.17. The van der Waals surface area contributed by atoms with Crippen LogP contribution in [-0.2, 0) is 4.79 Å². The number of piperidine rings is 1. The lowest BCUT2D eigenvalue weighted by Crippen LogP contribution is -2.48. The van der Waals surface area contributed by atoms with Crippen molar-refractivity contribution in [2.24, 2.45) is 17.8 Å². The highest BCUT2D eigenvalue weighted by atomic mass is 35.5. The number of amides is 1. The largest absolute Gasteiger partial charge is 0.339 e. The van der Waals surface area contributed by atoms with E-state index in [-0.39, 0.29) is 0 Å². The average Bonchev–Trinajstić information content (AvgIpc) is 2.54. The van der Waals surface area contributed by atoms with Crippen LogP contribution in [0, 0.1) is 17.8 Å². The first-order valence-corrected chi connectivity index (χ1v) is 9.69. The molecule has 2 saturated carbocycles. The smallest absolute Gasteiger partial charge is 0.225 e.